The Bertz CT molecular complexity index is 597. The van der Waals surface area contributed by atoms with E-state index in [1.807, 2.05) is 39.1 Å². The van der Waals surface area contributed by atoms with Gasteiger partial charge in [-0.1, -0.05) is 23.7 Å². The Morgan fingerprint density at radius 3 is 2.57 bits per heavy atom. The Morgan fingerprint density at radius 1 is 1.19 bits per heavy atom. The van der Waals surface area contributed by atoms with Gasteiger partial charge in [-0.15, -0.1) is 0 Å². The van der Waals surface area contributed by atoms with Crippen molar-refractivity contribution in [2.24, 2.45) is 0 Å². The molecule has 2 nitrogen and oxygen atoms in total. The summed E-state index contributed by atoms with van der Waals surface area (Å²) in [6, 6.07) is 12.1. The Balaban J connectivity index is 2.20. The molecule has 0 aliphatic rings. The van der Waals surface area contributed by atoms with Gasteiger partial charge in [0.1, 0.15) is 17.7 Å². The van der Waals surface area contributed by atoms with Gasteiger partial charge >= 0.3 is 0 Å². The largest absolute Gasteiger partial charge is 0.489 e. The van der Waals surface area contributed by atoms with Gasteiger partial charge in [0.15, 0.2) is 0 Å². The second kappa shape index (κ2) is 6.92. The minimum Gasteiger partial charge on any atom is -0.489 e. The lowest BCUT2D eigenvalue weighted by atomic mass is 10.00. The van der Waals surface area contributed by atoms with Crippen LogP contribution < -0.4 is 10.1 Å². The van der Waals surface area contributed by atoms with Crippen molar-refractivity contribution in [2.75, 3.05) is 7.05 Å². The van der Waals surface area contributed by atoms with E-state index in [0.29, 0.717) is 10.8 Å². The lowest BCUT2D eigenvalue weighted by Gasteiger charge is -2.25. The van der Waals surface area contributed by atoms with Crippen LogP contribution in [0.5, 0.6) is 5.75 Å². The molecule has 0 spiro atoms. The second-order valence-corrected chi connectivity index (χ2v) is 5.55. The van der Waals surface area contributed by atoms with Crippen molar-refractivity contribution in [3.63, 3.8) is 0 Å². The number of halogens is 2. The molecule has 2 aromatic carbocycles. The molecule has 0 aromatic heterocycles. The van der Waals surface area contributed by atoms with Gasteiger partial charge in [0.05, 0.1) is 6.04 Å². The molecular formula is C17H19ClFNO. The first-order valence-electron chi connectivity index (χ1n) is 6.86. The number of aryl methyl sites for hydroxylation is 1. The monoisotopic (exact) mass is 307 g/mol. The summed E-state index contributed by atoms with van der Waals surface area (Å²) in [4.78, 5) is 0. The number of nitrogens with one attached hydrogen (secondary N) is 1. The van der Waals surface area contributed by atoms with Gasteiger partial charge in [-0.2, -0.15) is 0 Å². The van der Waals surface area contributed by atoms with E-state index >= 15 is 0 Å². The number of benzene rings is 2. The van der Waals surface area contributed by atoms with E-state index in [1.165, 1.54) is 12.1 Å². The lowest BCUT2D eigenvalue weighted by Crippen LogP contribution is -2.31. The molecule has 2 unspecified atom stereocenters. The maximum atomic E-state index is 13.6. The number of hydrogen-bond acceptors (Lipinski definition) is 2. The van der Waals surface area contributed by atoms with Crippen LogP contribution in [0, 0.1) is 12.7 Å². The molecule has 0 aliphatic heterocycles. The molecule has 112 valence electrons. The molecule has 1 N–H and O–H groups in total. The molecule has 0 saturated carbocycles. The molecule has 2 aromatic rings. The molecule has 0 bridgehead atoms. The maximum Gasteiger partial charge on any atom is 0.123 e. The summed E-state index contributed by atoms with van der Waals surface area (Å²) < 4.78 is 19.5. The zero-order valence-corrected chi connectivity index (χ0v) is 13.1. The molecule has 4 heteroatoms. The minimum atomic E-state index is -0.236. The van der Waals surface area contributed by atoms with Crippen molar-refractivity contribution in [3.8, 4) is 5.75 Å². The minimum absolute atomic E-state index is 0.113. The van der Waals surface area contributed by atoms with E-state index in [4.69, 9.17) is 16.3 Å². The third-order valence-corrected chi connectivity index (χ3v) is 3.56. The summed E-state index contributed by atoms with van der Waals surface area (Å²) in [7, 11) is 1.84. The van der Waals surface area contributed by atoms with E-state index in [2.05, 4.69) is 5.32 Å². The second-order valence-electron chi connectivity index (χ2n) is 5.11. The molecule has 21 heavy (non-hydrogen) atoms. The summed E-state index contributed by atoms with van der Waals surface area (Å²) in [5, 5.41) is 3.81. The first kappa shape index (κ1) is 15.8. The normalized spacial score (nSPS) is 13.8. The van der Waals surface area contributed by atoms with Crippen LogP contribution >= 0.6 is 11.6 Å². The molecule has 0 aliphatic carbocycles. The summed E-state index contributed by atoms with van der Waals surface area (Å²) in [6.45, 7) is 3.82. The molecular weight excluding hydrogens is 289 g/mol. The van der Waals surface area contributed by atoms with Crippen molar-refractivity contribution in [1.82, 2.24) is 5.32 Å². The topological polar surface area (TPSA) is 21.3 Å². The predicted molar refractivity (Wildman–Crippen MR) is 84.5 cm³/mol. The zero-order chi connectivity index (χ0) is 15.4. The predicted octanol–water partition coefficient (Wildman–Crippen LogP) is 4.52. The van der Waals surface area contributed by atoms with Crippen LogP contribution in [0.2, 0.25) is 5.02 Å². The smallest absolute Gasteiger partial charge is 0.123 e. The Morgan fingerprint density at radius 2 is 1.95 bits per heavy atom. The summed E-state index contributed by atoms with van der Waals surface area (Å²) in [5.41, 5.74) is 1.75. The molecule has 0 saturated heterocycles. The number of ether oxygens (including phenoxy) is 1. The maximum absolute atomic E-state index is 13.6. The first-order valence-corrected chi connectivity index (χ1v) is 7.24. The van der Waals surface area contributed by atoms with E-state index in [0.717, 1.165) is 11.1 Å². The number of rotatable bonds is 5. The molecule has 0 amide bonds. The first-order chi connectivity index (χ1) is 9.99. The van der Waals surface area contributed by atoms with Gasteiger partial charge < -0.3 is 10.1 Å². The van der Waals surface area contributed by atoms with Crippen molar-refractivity contribution < 1.29 is 9.13 Å². The summed E-state index contributed by atoms with van der Waals surface area (Å²) >= 11 is 5.96. The van der Waals surface area contributed by atoms with E-state index in [9.17, 15) is 4.39 Å². The highest BCUT2D eigenvalue weighted by atomic mass is 35.5. The lowest BCUT2D eigenvalue weighted by molar-refractivity contribution is 0.175. The number of hydrogen-bond donors (Lipinski definition) is 1. The quantitative estimate of drug-likeness (QED) is 0.877. The highest BCUT2D eigenvalue weighted by Crippen LogP contribution is 2.25. The summed E-state index contributed by atoms with van der Waals surface area (Å²) in [5.74, 6) is 0.462. The van der Waals surface area contributed by atoms with Crippen LogP contribution in [-0.2, 0) is 0 Å². The Kier molecular flexibility index (Phi) is 5.21. The van der Waals surface area contributed by atoms with Crippen LogP contribution in [-0.4, -0.2) is 13.2 Å². The zero-order valence-electron chi connectivity index (χ0n) is 12.4. The van der Waals surface area contributed by atoms with Crippen molar-refractivity contribution in [2.45, 2.75) is 26.0 Å². The fourth-order valence-electron chi connectivity index (χ4n) is 2.44. The average Bonchev–Trinajstić information content (AvgIpc) is 2.38. The van der Waals surface area contributed by atoms with Gasteiger partial charge in [0.2, 0.25) is 0 Å². The van der Waals surface area contributed by atoms with Gasteiger partial charge in [-0.05, 0) is 62.4 Å². The van der Waals surface area contributed by atoms with E-state index in [-0.39, 0.29) is 18.0 Å². The van der Waals surface area contributed by atoms with Crippen molar-refractivity contribution >= 4 is 11.6 Å². The Hall–Kier alpha value is -1.58. The molecule has 0 fully saturated rings. The van der Waals surface area contributed by atoms with Gasteiger partial charge in [0, 0.05) is 5.02 Å². The fourth-order valence-corrected chi connectivity index (χ4v) is 2.62. The Labute approximate surface area is 129 Å². The van der Waals surface area contributed by atoms with Gasteiger partial charge in [-0.3, -0.25) is 0 Å². The van der Waals surface area contributed by atoms with E-state index < -0.39 is 0 Å². The van der Waals surface area contributed by atoms with Gasteiger partial charge in [0.25, 0.3) is 0 Å². The fraction of sp³-hybridized carbons (Fsp3) is 0.294. The van der Waals surface area contributed by atoms with Crippen LogP contribution in [0.3, 0.4) is 0 Å². The molecule has 2 rings (SSSR count). The van der Waals surface area contributed by atoms with Crippen LogP contribution in [0.15, 0.2) is 42.5 Å². The third-order valence-electron chi connectivity index (χ3n) is 3.32. The SMILES string of the molecule is CNC(c1cc(C)cc(F)c1)C(C)Oc1cccc(Cl)c1. The molecule has 0 heterocycles. The standard InChI is InChI=1S/C17H19ClFNO/c1-11-7-13(9-15(19)8-11)17(20-3)12(2)21-16-6-4-5-14(18)10-16/h4-10,12,17,20H,1-3H3. The highest BCUT2D eigenvalue weighted by Gasteiger charge is 2.20. The van der Waals surface area contributed by atoms with E-state index in [1.54, 1.807) is 12.1 Å². The van der Waals surface area contributed by atoms with Crippen molar-refractivity contribution in [1.29, 1.82) is 0 Å². The molecule has 2 atom stereocenters. The van der Waals surface area contributed by atoms with Gasteiger partial charge in [-0.25, -0.2) is 4.39 Å². The van der Waals surface area contributed by atoms with Crippen LogP contribution in [0.4, 0.5) is 4.39 Å². The summed E-state index contributed by atoms with van der Waals surface area (Å²) in [6.07, 6.45) is -0.172. The number of likely N-dealkylation sites (N-methyl/N-ethyl adjacent to an activating group) is 1. The van der Waals surface area contributed by atoms with Crippen molar-refractivity contribution in [3.05, 3.63) is 64.4 Å². The van der Waals surface area contributed by atoms with Crippen LogP contribution in [0.25, 0.3) is 0 Å². The van der Waals surface area contributed by atoms with Crippen LogP contribution in [0.1, 0.15) is 24.1 Å². The average molecular weight is 308 g/mol. The highest BCUT2D eigenvalue weighted by molar-refractivity contribution is 6.30. The molecule has 0 radical (unpaired) electrons. The third kappa shape index (κ3) is 4.19.